The molecule has 1 aliphatic heterocycles. The highest BCUT2D eigenvalue weighted by Crippen LogP contribution is 2.28. The molecule has 4 rings (SSSR count). The Labute approximate surface area is 187 Å². The van der Waals surface area contributed by atoms with Crippen LogP contribution in [0.4, 0.5) is 5.69 Å². The molecule has 1 saturated heterocycles. The van der Waals surface area contributed by atoms with Crippen LogP contribution in [0, 0.1) is 11.3 Å². The van der Waals surface area contributed by atoms with Crippen LogP contribution in [0.2, 0.25) is 0 Å². The highest BCUT2D eigenvalue weighted by molar-refractivity contribution is 9.10. The largest absolute Gasteiger partial charge is 0.327 e. The summed E-state index contributed by atoms with van der Waals surface area (Å²) in [5.74, 6) is -0.224. The van der Waals surface area contributed by atoms with Gasteiger partial charge in [0.05, 0.1) is 30.4 Å². The molecule has 6 nitrogen and oxygen atoms in total. The van der Waals surface area contributed by atoms with E-state index in [4.69, 9.17) is 17.5 Å². The molecule has 0 bridgehead atoms. The van der Waals surface area contributed by atoms with Gasteiger partial charge in [-0.3, -0.25) is 14.4 Å². The smallest absolute Gasteiger partial charge is 0.281 e. The van der Waals surface area contributed by atoms with Crippen molar-refractivity contribution in [3.8, 4) is 17.3 Å². The third kappa shape index (κ3) is 4.03. The SMILES string of the molecule is N#CCCn1cc(/C=C2\NC(=S)N(c3ccccc3)C2=O)c(-c2ccc(Br)cc2)n1. The Balaban J connectivity index is 1.72. The number of hydrogen-bond acceptors (Lipinski definition) is 4. The lowest BCUT2D eigenvalue weighted by Gasteiger charge is -2.13. The van der Waals surface area contributed by atoms with E-state index < -0.39 is 0 Å². The third-order valence-corrected chi connectivity index (χ3v) is 5.37. The number of nitrogens with zero attached hydrogens (tertiary/aromatic N) is 4. The minimum absolute atomic E-state index is 0.224. The van der Waals surface area contributed by atoms with Gasteiger partial charge in [0.2, 0.25) is 0 Å². The molecular formula is C22H16BrN5OS. The van der Waals surface area contributed by atoms with Crippen molar-refractivity contribution < 1.29 is 4.79 Å². The predicted molar refractivity (Wildman–Crippen MR) is 123 cm³/mol. The number of benzene rings is 2. The van der Waals surface area contributed by atoms with Gasteiger partial charge in [0.25, 0.3) is 5.91 Å². The number of anilines is 1. The number of aryl methyl sites for hydroxylation is 1. The molecule has 2 aromatic carbocycles. The summed E-state index contributed by atoms with van der Waals surface area (Å²) >= 11 is 8.83. The maximum Gasteiger partial charge on any atom is 0.281 e. The number of hydrogen-bond donors (Lipinski definition) is 1. The average molecular weight is 478 g/mol. The van der Waals surface area contributed by atoms with E-state index in [1.165, 1.54) is 4.90 Å². The molecular weight excluding hydrogens is 462 g/mol. The van der Waals surface area contributed by atoms with Gasteiger partial charge in [-0.2, -0.15) is 10.4 Å². The standard InChI is InChI=1S/C22H16BrN5OS/c23-17-9-7-15(8-10-17)20-16(14-27(26-20)12-4-11-24)13-19-21(29)28(22(30)25-19)18-5-2-1-3-6-18/h1-3,5-10,13-14H,4,12H2,(H,25,30)/b19-13-. The molecule has 2 heterocycles. The minimum Gasteiger partial charge on any atom is -0.327 e. The van der Waals surface area contributed by atoms with E-state index >= 15 is 0 Å². The van der Waals surface area contributed by atoms with E-state index in [0.29, 0.717) is 29.5 Å². The average Bonchev–Trinajstić information content (AvgIpc) is 3.28. The highest BCUT2D eigenvalue weighted by atomic mass is 79.9. The first kappa shape index (κ1) is 20.0. The monoisotopic (exact) mass is 477 g/mol. The fourth-order valence-corrected chi connectivity index (χ4v) is 3.72. The first-order valence-corrected chi connectivity index (χ1v) is 10.4. The molecule has 1 amide bonds. The molecule has 0 atom stereocenters. The number of carbonyl (C=O) groups is 1. The molecule has 1 N–H and O–H groups in total. The van der Waals surface area contributed by atoms with Crippen LogP contribution in [0.15, 0.2) is 71.0 Å². The summed E-state index contributed by atoms with van der Waals surface area (Å²) < 4.78 is 2.69. The normalized spacial score (nSPS) is 14.8. The summed E-state index contributed by atoms with van der Waals surface area (Å²) in [5.41, 5.74) is 3.49. The second-order valence-corrected chi connectivity index (χ2v) is 7.88. The number of carbonyl (C=O) groups excluding carboxylic acids is 1. The molecule has 0 aliphatic carbocycles. The van der Waals surface area contributed by atoms with Crippen LogP contribution in [0.25, 0.3) is 17.3 Å². The number of thiocarbonyl (C=S) groups is 1. The van der Waals surface area contributed by atoms with Gasteiger partial charge >= 0.3 is 0 Å². The Morgan fingerprint density at radius 3 is 2.60 bits per heavy atom. The van der Waals surface area contributed by atoms with Crippen molar-refractivity contribution in [2.24, 2.45) is 0 Å². The van der Waals surface area contributed by atoms with Crippen molar-refractivity contribution >= 4 is 50.9 Å². The first-order chi connectivity index (χ1) is 14.6. The van der Waals surface area contributed by atoms with Crippen molar-refractivity contribution in [3.05, 3.63) is 76.5 Å². The van der Waals surface area contributed by atoms with E-state index in [1.54, 1.807) is 10.8 Å². The van der Waals surface area contributed by atoms with Gasteiger partial charge in [0.15, 0.2) is 5.11 Å². The van der Waals surface area contributed by atoms with Crippen molar-refractivity contribution in [1.82, 2.24) is 15.1 Å². The van der Waals surface area contributed by atoms with Gasteiger partial charge in [-0.05, 0) is 42.6 Å². The van der Waals surface area contributed by atoms with E-state index in [0.717, 1.165) is 21.3 Å². The van der Waals surface area contributed by atoms with Crippen molar-refractivity contribution in [1.29, 1.82) is 5.26 Å². The van der Waals surface area contributed by atoms with Gasteiger partial charge < -0.3 is 5.32 Å². The minimum atomic E-state index is -0.224. The first-order valence-electron chi connectivity index (χ1n) is 9.19. The lowest BCUT2D eigenvalue weighted by Crippen LogP contribution is -2.30. The highest BCUT2D eigenvalue weighted by Gasteiger charge is 2.32. The lowest BCUT2D eigenvalue weighted by molar-refractivity contribution is -0.113. The molecule has 1 aromatic heterocycles. The van der Waals surface area contributed by atoms with Crippen molar-refractivity contribution in [2.75, 3.05) is 4.90 Å². The summed E-state index contributed by atoms with van der Waals surface area (Å²) in [5, 5.41) is 16.9. The zero-order chi connectivity index (χ0) is 21.1. The molecule has 1 aliphatic rings. The lowest BCUT2D eigenvalue weighted by atomic mass is 10.1. The Kier molecular flexibility index (Phi) is 5.74. The fourth-order valence-electron chi connectivity index (χ4n) is 3.16. The van der Waals surface area contributed by atoms with Crippen molar-refractivity contribution in [2.45, 2.75) is 13.0 Å². The zero-order valence-electron chi connectivity index (χ0n) is 15.7. The van der Waals surface area contributed by atoms with E-state index in [1.807, 2.05) is 60.8 Å². The summed E-state index contributed by atoms with van der Waals surface area (Å²) in [6.45, 7) is 0.471. The summed E-state index contributed by atoms with van der Waals surface area (Å²) in [6, 6.07) is 19.2. The molecule has 30 heavy (non-hydrogen) atoms. The molecule has 0 saturated carbocycles. The predicted octanol–water partition coefficient (Wildman–Crippen LogP) is 4.49. The number of nitrogens with one attached hydrogen (secondary N) is 1. The topological polar surface area (TPSA) is 74.0 Å². The van der Waals surface area contributed by atoms with Crippen LogP contribution in [0.1, 0.15) is 12.0 Å². The Hall–Kier alpha value is -3.28. The molecule has 0 spiro atoms. The van der Waals surface area contributed by atoms with Gasteiger partial charge in [-0.15, -0.1) is 0 Å². The molecule has 0 radical (unpaired) electrons. The van der Waals surface area contributed by atoms with Gasteiger partial charge in [-0.25, -0.2) is 0 Å². The van der Waals surface area contributed by atoms with Crippen LogP contribution in [0.3, 0.4) is 0 Å². The van der Waals surface area contributed by atoms with Crippen LogP contribution in [-0.4, -0.2) is 20.8 Å². The summed E-state index contributed by atoms with van der Waals surface area (Å²) in [4.78, 5) is 14.5. The van der Waals surface area contributed by atoms with Gasteiger partial charge in [0, 0.05) is 21.8 Å². The van der Waals surface area contributed by atoms with E-state index in [-0.39, 0.29) is 5.91 Å². The summed E-state index contributed by atoms with van der Waals surface area (Å²) in [6.07, 6.45) is 3.94. The van der Waals surface area contributed by atoms with Crippen molar-refractivity contribution in [3.63, 3.8) is 0 Å². The quantitative estimate of drug-likeness (QED) is 0.432. The van der Waals surface area contributed by atoms with Crippen LogP contribution in [0.5, 0.6) is 0 Å². The van der Waals surface area contributed by atoms with E-state index in [2.05, 4.69) is 32.4 Å². The maximum absolute atomic E-state index is 13.0. The fraction of sp³-hybridized carbons (Fsp3) is 0.0909. The second kappa shape index (κ2) is 8.61. The molecule has 0 unspecified atom stereocenters. The Morgan fingerprint density at radius 1 is 1.17 bits per heavy atom. The van der Waals surface area contributed by atoms with Crippen LogP contribution < -0.4 is 10.2 Å². The maximum atomic E-state index is 13.0. The number of amides is 1. The van der Waals surface area contributed by atoms with Crippen LogP contribution >= 0.6 is 28.1 Å². The third-order valence-electron chi connectivity index (χ3n) is 4.55. The number of aromatic nitrogens is 2. The summed E-state index contributed by atoms with van der Waals surface area (Å²) in [7, 11) is 0. The Morgan fingerprint density at radius 2 is 1.90 bits per heavy atom. The zero-order valence-corrected chi connectivity index (χ0v) is 18.2. The second-order valence-electron chi connectivity index (χ2n) is 6.58. The number of nitriles is 1. The molecule has 148 valence electrons. The molecule has 8 heteroatoms. The Bertz CT molecular complexity index is 1180. The van der Waals surface area contributed by atoms with Gasteiger partial charge in [-0.1, -0.05) is 46.3 Å². The number of para-hydroxylation sites is 1. The van der Waals surface area contributed by atoms with Crippen LogP contribution in [-0.2, 0) is 11.3 Å². The number of halogens is 1. The number of rotatable bonds is 5. The molecule has 1 fully saturated rings. The molecule has 3 aromatic rings. The van der Waals surface area contributed by atoms with Gasteiger partial charge in [0.1, 0.15) is 5.70 Å². The van der Waals surface area contributed by atoms with E-state index in [9.17, 15) is 4.79 Å².